The zero-order valence-corrected chi connectivity index (χ0v) is 16.2. The summed E-state index contributed by atoms with van der Waals surface area (Å²) in [6.45, 7) is 3.56. The van der Waals surface area contributed by atoms with Gasteiger partial charge in [-0.25, -0.2) is 0 Å². The van der Waals surface area contributed by atoms with Crippen LogP contribution in [-0.2, 0) is 9.59 Å². The second-order valence-electron chi connectivity index (χ2n) is 6.38. The van der Waals surface area contributed by atoms with E-state index in [4.69, 9.17) is 14.2 Å². The first-order valence-electron chi connectivity index (χ1n) is 9.19. The standard InChI is InChI=1S/C22H22N2O5/c1-15-21(29-20-11-4-3-10-19(20)28-15)22(26)23-12-5-6-13-27-18-9-7-8-17(14-18)24-16(2)25/h3-4,7-11,14-15,21H,12-13H2,1-2H3,(H,23,26)(H,24,25). The average Bonchev–Trinajstić information content (AvgIpc) is 2.69. The van der Waals surface area contributed by atoms with E-state index in [1.165, 1.54) is 6.92 Å². The van der Waals surface area contributed by atoms with Crippen LogP contribution in [0.25, 0.3) is 0 Å². The van der Waals surface area contributed by atoms with Crippen LogP contribution in [0.15, 0.2) is 48.5 Å². The molecule has 1 aliphatic heterocycles. The zero-order valence-electron chi connectivity index (χ0n) is 16.2. The number of ether oxygens (including phenoxy) is 3. The minimum absolute atomic E-state index is 0.150. The topological polar surface area (TPSA) is 85.9 Å². The normalized spacial score (nSPS) is 16.8. The molecule has 7 heteroatoms. The summed E-state index contributed by atoms with van der Waals surface area (Å²) in [4.78, 5) is 23.4. The lowest BCUT2D eigenvalue weighted by atomic mass is 10.1. The van der Waals surface area contributed by atoms with Crippen molar-refractivity contribution in [2.24, 2.45) is 0 Å². The Morgan fingerprint density at radius 3 is 2.59 bits per heavy atom. The minimum atomic E-state index is -0.737. The van der Waals surface area contributed by atoms with Crippen molar-refractivity contribution in [1.82, 2.24) is 5.32 Å². The molecule has 150 valence electrons. The Balaban J connectivity index is 1.43. The molecule has 0 saturated heterocycles. The Labute approximate surface area is 169 Å². The number of hydrogen-bond acceptors (Lipinski definition) is 5. The van der Waals surface area contributed by atoms with Gasteiger partial charge in [-0.05, 0) is 31.2 Å². The first-order valence-corrected chi connectivity index (χ1v) is 9.19. The van der Waals surface area contributed by atoms with E-state index in [9.17, 15) is 9.59 Å². The second-order valence-corrected chi connectivity index (χ2v) is 6.38. The second kappa shape index (κ2) is 9.51. The van der Waals surface area contributed by atoms with Gasteiger partial charge in [0.2, 0.25) is 12.0 Å². The van der Waals surface area contributed by atoms with E-state index in [0.29, 0.717) is 22.9 Å². The molecule has 2 unspecified atom stereocenters. The summed E-state index contributed by atoms with van der Waals surface area (Å²) in [5, 5.41) is 5.41. The lowest BCUT2D eigenvalue weighted by molar-refractivity contribution is -0.133. The van der Waals surface area contributed by atoms with Gasteiger partial charge in [-0.2, -0.15) is 0 Å². The number of para-hydroxylation sites is 2. The minimum Gasteiger partial charge on any atom is -0.482 e. The molecule has 29 heavy (non-hydrogen) atoms. The monoisotopic (exact) mass is 394 g/mol. The summed E-state index contributed by atoms with van der Waals surface area (Å²) in [6, 6.07) is 14.3. The molecule has 0 bridgehead atoms. The molecule has 2 N–H and O–H groups in total. The fraction of sp³-hybridized carbons (Fsp3) is 0.273. The van der Waals surface area contributed by atoms with Crippen molar-refractivity contribution < 1.29 is 23.8 Å². The number of nitrogens with one attached hydrogen (secondary N) is 2. The maximum Gasteiger partial charge on any atom is 0.265 e. The van der Waals surface area contributed by atoms with Crippen molar-refractivity contribution in [3.05, 3.63) is 48.5 Å². The lowest BCUT2D eigenvalue weighted by Crippen LogP contribution is -2.49. The Bertz CT molecular complexity index is 947. The Morgan fingerprint density at radius 2 is 1.83 bits per heavy atom. The van der Waals surface area contributed by atoms with Crippen LogP contribution in [0.2, 0.25) is 0 Å². The van der Waals surface area contributed by atoms with Crippen LogP contribution in [0.1, 0.15) is 13.8 Å². The van der Waals surface area contributed by atoms with Gasteiger partial charge in [-0.15, -0.1) is 0 Å². The number of fused-ring (bicyclic) bond motifs is 1. The molecule has 3 rings (SSSR count). The number of hydrogen-bond donors (Lipinski definition) is 2. The third-order valence-corrected chi connectivity index (χ3v) is 4.04. The molecule has 2 atom stereocenters. The molecule has 2 aromatic rings. The summed E-state index contributed by atoms with van der Waals surface area (Å²) in [6.07, 6.45) is -1.14. The zero-order chi connectivity index (χ0) is 20.6. The number of anilines is 1. The first-order chi connectivity index (χ1) is 14.0. The van der Waals surface area contributed by atoms with Gasteiger partial charge in [-0.3, -0.25) is 9.59 Å². The van der Waals surface area contributed by atoms with Gasteiger partial charge in [0, 0.05) is 18.7 Å². The quantitative estimate of drug-likeness (QED) is 0.761. The van der Waals surface area contributed by atoms with Gasteiger partial charge in [-0.1, -0.05) is 30.0 Å². The van der Waals surface area contributed by atoms with Crippen molar-refractivity contribution in [2.45, 2.75) is 26.1 Å². The Hall–Kier alpha value is -3.66. The van der Waals surface area contributed by atoms with Crippen LogP contribution >= 0.6 is 0 Å². The van der Waals surface area contributed by atoms with E-state index < -0.39 is 12.2 Å². The van der Waals surface area contributed by atoms with Crippen LogP contribution in [0, 0.1) is 11.8 Å². The Morgan fingerprint density at radius 1 is 1.07 bits per heavy atom. The molecule has 0 spiro atoms. The summed E-state index contributed by atoms with van der Waals surface area (Å²) in [7, 11) is 0. The molecule has 0 fully saturated rings. The summed E-state index contributed by atoms with van der Waals surface area (Å²) >= 11 is 0. The highest BCUT2D eigenvalue weighted by molar-refractivity contribution is 5.88. The van der Waals surface area contributed by atoms with Crippen molar-refractivity contribution in [3.63, 3.8) is 0 Å². The maximum atomic E-state index is 12.3. The van der Waals surface area contributed by atoms with Crippen molar-refractivity contribution >= 4 is 17.5 Å². The highest BCUT2D eigenvalue weighted by Crippen LogP contribution is 2.33. The Kier molecular flexibility index (Phi) is 6.59. The fourth-order valence-electron chi connectivity index (χ4n) is 2.74. The van der Waals surface area contributed by atoms with E-state index in [0.717, 1.165) is 0 Å². The summed E-state index contributed by atoms with van der Waals surface area (Å²) in [5.41, 5.74) is 0.653. The van der Waals surface area contributed by atoms with Gasteiger partial charge in [0.05, 0.1) is 6.54 Å². The molecule has 7 nitrogen and oxygen atoms in total. The van der Waals surface area contributed by atoms with Gasteiger partial charge in [0.25, 0.3) is 5.91 Å². The number of carbonyl (C=O) groups excluding carboxylic acids is 2. The lowest BCUT2D eigenvalue weighted by Gasteiger charge is -2.30. The van der Waals surface area contributed by atoms with E-state index in [1.807, 2.05) is 12.1 Å². The van der Waals surface area contributed by atoms with Crippen LogP contribution in [0.3, 0.4) is 0 Å². The van der Waals surface area contributed by atoms with Crippen molar-refractivity contribution in [2.75, 3.05) is 18.5 Å². The van der Waals surface area contributed by atoms with Gasteiger partial charge in [0.15, 0.2) is 11.5 Å². The molecule has 2 aromatic carbocycles. The van der Waals surface area contributed by atoms with Crippen LogP contribution in [-0.4, -0.2) is 37.2 Å². The third kappa shape index (κ3) is 5.66. The molecular weight excluding hydrogens is 372 g/mol. The van der Waals surface area contributed by atoms with Gasteiger partial charge >= 0.3 is 0 Å². The van der Waals surface area contributed by atoms with Crippen molar-refractivity contribution in [1.29, 1.82) is 0 Å². The number of amides is 2. The fourth-order valence-corrected chi connectivity index (χ4v) is 2.74. The summed E-state index contributed by atoms with van der Waals surface area (Å²) < 4.78 is 17.0. The predicted molar refractivity (Wildman–Crippen MR) is 108 cm³/mol. The van der Waals surface area contributed by atoms with Crippen LogP contribution in [0.5, 0.6) is 17.2 Å². The average molecular weight is 394 g/mol. The molecule has 0 aromatic heterocycles. The maximum absolute atomic E-state index is 12.3. The third-order valence-electron chi connectivity index (χ3n) is 4.04. The molecular formula is C22H22N2O5. The molecule has 0 aliphatic carbocycles. The molecule has 2 amide bonds. The van der Waals surface area contributed by atoms with E-state index >= 15 is 0 Å². The van der Waals surface area contributed by atoms with Crippen LogP contribution in [0.4, 0.5) is 5.69 Å². The number of carbonyl (C=O) groups is 2. The number of rotatable bonds is 5. The van der Waals surface area contributed by atoms with E-state index in [2.05, 4.69) is 22.5 Å². The molecule has 0 saturated carbocycles. The molecule has 0 radical (unpaired) electrons. The highest BCUT2D eigenvalue weighted by atomic mass is 16.6. The summed E-state index contributed by atoms with van der Waals surface area (Å²) in [5.74, 6) is 7.00. The molecule has 1 heterocycles. The highest BCUT2D eigenvalue weighted by Gasteiger charge is 2.33. The molecule has 1 aliphatic rings. The predicted octanol–water partition coefficient (Wildman–Crippen LogP) is 2.37. The van der Waals surface area contributed by atoms with Crippen LogP contribution < -0.4 is 24.8 Å². The van der Waals surface area contributed by atoms with Crippen molar-refractivity contribution in [3.8, 4) is 29.1 Å². The number of benzene rings is 2. The SMILES string of the molecule is CC(=O)Nc1cccc(OCC#CCNC(=O)C2Oc3ccccc3OC2C)c1. The van der Waals surface area contributed by atoms with Gasteiger partial charge in [0.1, 0.15) is 18.5 Å². The first kappa shape index (κ1) is 20.1. The van der Waals surface area contributed by atoms with E-state index in [-0.39, 0.29) is 25.0 Å². The largest absolute Gasteiger partial charge is 0.482 e. The van der Waals surface area contributed by atoms with E-state index in [1.54, 1.807) is 43.3 Å². The van der Waals surface area contributed by atoms with Gasteiger partial charge < -0.3 is 24.8 Å². The smallest absolute Gasteiger partial charge is 0.265 e.